The smallest absolute Gasteiger partial charge is 0.271 e. The number of thiazole rings is 1. The van der Waals surface area contributed by atoms with Gasteiger partial charge in [0.15, 0.2) is 0 Å². The lowest BCUT2D eigenvalue weighted by Crippen LogP contribution is -2.24. The molecule has 2 heterocycles. The summed E-state index contributed by atoms with van der Waals surface area (Å²) >= 11 is 1.53. The number of aromatic nitrogens is 3. The molecular weight excluding hydrogens is 274 g/mol. The Balaban J connectivity index is 1.94. The van der Waals surface area contributed by atoms with Crippen LogP contribution >= 0.6 is 11.3 Å². The average Bonchev–Trinajstić information content (AvgIpc) is 2.88. The predicted octanol–water partition coefficient (Wildman–Crippen LogP) is 1.99. The fourth-order valence-electron chi connectivity index (χ4n) is 1.54. The van der Waals surface area contributed by atoms with Crippen LogP contribution in [0.25, 0.3) is 0 Å². The molecule has 0 atom stereocenters. The molecule has 2 aromatic heterocycles. The Labute approximate surface area is 121 Å². The first-order valence-electron chi connectivity index (χ1n) is 6.44. The van der Waals surface area contributed by atoms with Crippen molar-refractivity contribution < 1.29 is 4.79 Å². The minimum absolute atomic E-state index is 0.245. The zero-order chi connectivity index (χ0) is 14.4. The van der Waals surface area contributed by atoms with Crippen LogP contribution in [0.4, 0.5) is 5.82 Å². The molecule has 0 radical (unpaired) electrons. The second-order valence-electron chi connectivity index (χ2n) is 4.28. The van der Waals surface area contributed by atoms with Gasteiger partial charge in [0, 0.05) is 17.6 Å². The van der Waals surface area contributed by atoms with Gasteiger partial charge >= 0.3 is 0 Å². The molecule has 0 fully saturated rings. The molecule has 0 aliphatic heterocycles. The average molecular weight is 291 g/mol. The molecule has 1 amide bonds. The summed E-state index contributed by atoms with van der Waals surface area (Å²) < 4.78 is 0. The van der Waals surface area contributed by atoms with Crippen LogP contribution in [0.1, 0.15) is 34.5 Å². The lowest BCUT2D eigenvalue weighted by Gasteiger charge is -2.06. The Bertz CT molecular complexity index is 584. The summed E-state index contributed by atoms with van der Waals surface area (Å²) in [6.07, 6.45) is 4.05. The van der Waals surface area contributed by atoms with E-state index in [0.29, 0.717) is 18.1 Å². The van der Waals surface area contributed by atoms with Gasteiger partial charge in [-0.25, -0.2) is 9.97 Å². The summed E-state index contributed by atoms with van der Waals surface area (Å²) in [6, 6.07) is 0. The number of carbonyl (C=O) groups is 1. The molecule has 7 heteroatoms. The van der Waals surface area contributed by atoms with Gasteiger partial charge in [-0.15, -0.1) is 11.3 Å². The molecule has 0 aliphatic carbocycles. The molecular formula is C13H17N5OS. The zero-order valence-corrected chi connectivity index (χ0v) is 12.3. The molecule has 0 saturated carbocycles. The standard InChI is InChI=1S/C13H17N5OS/c1-3-4-15-11-6-14-5-10(18-11)13(19)16-7-12-17-9(2)8-20-12/h5-6,8H,3-4,7H2,1-2H3,(H,15,18)(H,16,19). The second-order valence-corrected chi connectivity index (χ2v) is 5.22. The first-order chi connectivity index (χ1) is 9.69. The maximum atomic E-state index is 12.0. The normalized spacial score (nSPS) is 10.3. The monoisotopic (exact) mass is 291 g/mol. The molecule has 106 valence electrons. The second kappa shape index (κ2) is 6.95. The van der Waals surface area contributed by atoms with Gasteiger partial charge in [-0.2, -0.15) is 0 Å². The van der Waals surface area contributed by atoms with Crippen molar-refractivity contribution in [2.75, 3.05) is 11.9 Å². The Kier molecular flexibility index (Phi) is 5.00. The number of carbonyl (C=O) groups excluding carboxylic acids is 1. The van der Waals surface area contributed by atoms with Gasteiger partial charge in [0.25, 0.3) is 5.91 Å². The summed E-state index contributed by atoms with van der Waals surface area (Å²) in [6.45, 7) is 5.20. The van der Waals surface area contributed by atoms with E-state index in [2.05, 4.69) is 32.5 Å². The molecule has 2 aromatic rings. The minimum Gasteiger partial charge on any atom is -0.369 e. The zero-order valence-electron chi connectivity index (χ0n) is 11.5. The molecule has 0 unspecified atom stereocenters. The number of rotatable bonds is 6. The maximum Gasteiger partial charge on any atom is 0.271 e. The van der Waals surface area contributed by atoms with Crippen LogP contribution in [0.5, 0.6) is 0 Å². The van der Waals surface area contributed by atoms with Crippen LogP contribution in [-0.4, -0.2) is 27.4 Å². The molecule has 2 N–H and O–H groups in total. The number of hydrogen-bond acceptors (Lipinski definition) is 6. The number of hydrogen-bond donors (Lipinski definition) is 2. The molecule has 20 heavy (non-hydrogen) atoms. The first kappa shape index (κ1) is 14.4. The SMILES string of the molecule is CCCNc1cncc(C(=O)NCc2nc(C)cs2)n1. The van der Waals surface area contributed by atoms with Gasteiger partial charge in [-0.1, -0.05) is 6.92 Å². The van der Waals surface area contributed by atoms with E-state index in [4.69, 9.17) is 0 Å². The van der Waals surface area contributed by atoms with Gasteiger partial charge in [0.2, 0.25) is 0 Å². The Morgan fingerprint density at radius 1 is 1.35 bits per heavy atom. The van der Waals surface area contributed by atoms with E-state index in [1.165, 1.54) is 17.5 Å². The summed E-state index contributed by atoms with van der Waals surface area (Å²) in [5.41, 5.74) is 1.27. The fourth-order valence-corrected chi connectivity index (χ4v) is 2.26. The quantitative estimate of drug-likeness (QED) is 0.851. The molecule has 0 spiro atoms. The van der Waals surface area contributed by atoms with E-state index in [0.717, 1.165) is 23.7 Å². The molecule has 0 bridgehead atoms. The molecule has 0 saturated heterocycles. The lowest BCUT2D eigenvalue weighted by molar-refractivity contribution is 0.0945. The van der Waals surface area contributed by atoms with E-state index in [1.54, 1.807) is 6.20 Å². The van der Waals surface area contributed by atoms with Crippen LogP contribution in [0.2, 0.25) is 0 Å². The van der Waals surface area contributed by atoms with Gasteiger partial charge in [-0.3, -0.25) is 9.78 Å². The van der Waals surface area contributed by atoms with Crippen LogP contribution in [0, 0.1) is 6.92 Å². The van der Waals surface area contributed by atoms with Crippen molar-refractivity contribution in [3.63, 3.8) is 0 Å². The van der Waals surface area contributed by atoms with E-state index < -0.39 is 0 Å². The summed E-state index contributed by atoms with van der Waals surface area (Å²) in [4.78, 5) is 24.5. The van der Waals surface area contributed by atoms with Gasteiger partial charge < -0.3 is 10.6 Å². The highest BCUT2D eigenvalue weighted by Crippen LogP contribution is 2.08. The largest absolute Gasteiger partial charge is 0.369 e. The van der Waals surface area contributed by atoms with E-state index in [-0.39, 0.29) is 5.91 Å². The molecule has 0 aliphatic rings. The van der Waals surface area contributed by atoms with Crippen molar-refractivity contribution in [2.45, 2.75) is 26.8 Å². The van der Waals surface area contributed by atoms with Crippen molar-refractivity contribution in [1.29, 1.82) is 0 Å². The summed E-state index contributed by atoms with van der Waals surface area (Å²) in [7, 11) is 0. The number of anilines is 1. The highest BCUT2D eigenvalue weighted by molar-refractivity contribution is 7.09. The fraction of sp³-hybridized carbons (Fsp3) is 0.385. The molecule has 6 nitrogen and oxygen atoms in total. The highest BCUT2D eigenvalue weighted by Gasteiger charge is 2.09. The number of nitrogens with one attached hydrogen (secondary N) is 2. The van der Waals surface area contributed by atoms with Gasteiger partial charge in [0.05, 0.1) is 18.9 Å². The third-order valence-corrected chi connectivity index (χ3v) is 3.46. The van der Waals surface area contributed by atoms with E-state index in [9.17, 15) is 4.79 Å². The van der Waals surface area contributed by atoms with Crippen molar-refractivity contribution >= 4 is 23.1 Å². The highest BCUT2D eigenvalue weighted by atomic mass is 32.1. The predicted molar refractivity (Wildman–Crippen MR) is 78.8 cm³/mol. The van der Waals surface area contributed by atoms with Gasteiger partial charge in [-0.05, 0) is 13.3 Å². The van der Waals surface area contributed by atoms with Crippen molar-refractivity contribution in [3.05, 3.63) is 34.2 Å². The number of nitrogens with zero attached hydrogens (tertiary/aromatic N) is 3. The van der Waals surface area contributed by atoms with Crippen molar-refractivity contribution in [2.24, 2.45) is 0 Å². The van der Waals surface area contributed by atoms with Crippen LogP contribution in [0.15, 0.2) is 17.8 Å². The summed E-state index contributed by atoms with van der Waals surface area (Å²) in [5, 5.41) is 8.73. The Hall–Kier alpha value is -2.02. The van der Waals surface area contributed by atoms with E-state index >= 15 is 0 Å². The lowest BCUT2D eigenvalue weighted by atomic mass is 10.4. The minimum atomic E-state index is -0.245. The topological polar surface area (TPSA) is 79.8 Å². The van der Waals surface area contributed by atoms with E-state index in [1.807, 2.05) is 12.3 Å². The maximum absolute atomic E-state index is 12.0. The number of amides is 1. The molecule has 2 rings (SSSR count). The molecule has 0 aromatic carbocycles. The Morgan fingerprint density at radius 2 is 2.20 bits per heavy atom. The van der Waals surface area contributed by atoms with Crippen molar-refractivity contribution in [3.8, 4) is 0 Å². The summed E-state index contributed by atoms with van der Waals surface area (Å²) in [5.74, 6) is 0.370. The third-order valence-electron chi connectivity index (χ3n) is 2.49. The first-order valence-corrected chi connectivity index (χ1v) is 7.32. The van der Waals surface area contributed by atoms with Crippen LogP contribution < -0.4 is 10.6 Å². The number of aryl methyl sites for hydroxylation is 1. The van der Waals surface area contributed by atoms with Crippen LogP contribution in [0.3, 0.4) is 0 Å². The Morgan fingerprint density at radius 3 is 2.90 bits per heavy atom. The van der Waals surface area contributed by atoms with Crippen LogP contribution in [-0.2, 0) is 6.54 Å². The van der Waals surface area contributed by atoms with Gasteiger partial charge in [0.1, 0.15) is 16.5 Å². The van der Waals surface area contributed by atoms with Crippen molar-refractivity contribution in [1.82, 2.24) is 20.3 Å². The third kappa shape index (κ3) is 3.99.